The van der Waals surface area contributed by atoms with Crippen LogP contribution in [0, 0.1) is 5.92 Å². The van der Waals surface area contributed by atoms with Crippen LogP contribution in [0.15, 0.2) is 0 Å². The number of nitrogens with one attached hydrogen (secondary N) is 2. The van der Waals surface area contributed by atoms with Gasteiger partial charge in [0.2, 0.25) is 5.91 Å². The second-order valence-corrected chi connectivity index (χ2v) is 9.72. The molecule has 23 heavy (non-hydrogen) atoms. The summed E-state index contributed by atoms with van der Waals surface area (Å²) in [6.07, 6.45) is 4.35. The molecule has 0 aromatic heterocycles. The van der Waals surface area contributed by atoms with Gasteiger partial charge in [-0.2, -0.15) is 0 Å². The second-order valence-electron chi connectivity index (χ2n) is 7.40. The van der Waals surface area contributed by atoms with Gasteiger partial charge in [-0.05, 0) is 58.2 Å². The average Bonchev–Trinajstić information content (AvgIpc) is 2.46. The van der Waals surface area contributed by atoms with Crippen LogP contribution in [0.3, 0.4) is 0 Å². The SMILES string of the molecule is CC1CCCN(CC(C)NC(=O)C2(S(C)(=O)=O)CCNCC2)C1. The van der Waals surface area contributed by atoms with Crippen molar-refractivity contribution in [2.45, 2.75) is 50.3 Å². The van der Waals surface area contributed by atoms with Gasteiger partial charge in [-0.3, -0.25) is 4.79 Å². The van der Waals surface area contributed by atoms with Crippen LogP contribution in [-0.4, -0.2) is 69.0 Å². The number of rotatable bonds is 5. The maximum atomic E-state index is 12.7. The van der Waals surface area contributed by atoms with Crippen LogP contribution in [0.5, 0.6) is 0 Å². The first-order chi connectivity index (χ1) is 10.7. The van der Waals surface area contributed by atoms with E-state index >= 15 is 0 Å². The standard InChI is InChI=1S/C16H31N3O3S/c1-13-5-4-10-19(11-13)12-14(2)18-15(20)16(23(3,21)22)6-8-17-9-7-16/h13-14,17H,4-12H2,1-3H3,(H,18,20). The molecule has 0 aliphatic carbocycles. The van der Waals surface area contributed by atoms with Crippen molar-refractivity contribution >= 4 is 15.7 Å². The third-order valence-electron chi connectivity index (χ3n) is 5.19. The fourth-order valence-corrected chi connectivity index (χ4v) is 5.18. The minimum atomic E-state index is -3.44. The quantitative estimate of drug-likeness (QED) is 0.754. The molecule has 2 heterocycles. The van der Waals surface area contributed by atoms with E-state index in [1.54, 1.807) is 0 Å². The summed E-state index contributed by atoms with van der Waals surface area (Å²) in [5, 5.41) is 6.11. The fourth-order valence-electron chi connectivity index (χ4n) is 3.84. The Labute approximate surface area is 140 Å². The maximum absolute atomic E-state index is 12.7. The summed E-state index contributed by atoms with van der Waals surface area (Å²) in [6, 6.07) is -0.0405. The van der Waals surface area contributed by atoms with E-state index in [4.69, 9.17) is 0 Å². The highest BCUT2D eigenvalue weighted by atomic mass is 32.2. The summed E-state index contributed by atoms with van der Waals surface area (Å²) in [7, 11) is -3.44. The zero-order valence-electron chi connectivity index (χ0n) is 14.6. The van der Waals surface area contributed by atoms with Crippen LogP contribution in [0.25, 0.3) is 0 Å². The average molecular weight is 346 g/mol. The molecule has 1 amide bonds. The summed E-state index contributed by atoms with van der Waals surface area (Å²) in [6.45, 7) is 8.26. The summed E-state index contributed by atoms with van der Waals surface area (Å²) >= 11 is 0. The van der Waals surface area contributed by atoms with Gasteiger partial charge in [-0.1, -0.05) is 6.92 Å². The van der Waals surface area contributed by atoms with E-state index < -0.39 is 14.6 Å². The number of amides is 1. The van der Waals surface area contributed by atoms with Crippen LogP contribution >= 0.6 is 0 Å². The topological polar surface area (TPSA) is 78.5 Å². The molecule has 0 radical (unpaired) electrons. The second kappa shape index (κ2) is 7.49. The maximum Gasteiger partial charge on any atom is 0.241 e. The molecule has 0 spiro atoms. The van der Waals surface area contributed by atoms with Crippen molar-refractivity contribution in [1.82, 2.24) is 15.5 Å². The van der Waals surface area contributed by atoms with Gasteiger partial charge in [0.25, 0.3) is 0 Å². The molecule has 2 unspecified atom stereocenters. The van der Waals surface area contributed by atoms with Gasteiger partial charge in [0.05, 0.1) is 0 Å². The Balaban J connectivity index is 1.98. The molecule has 0 aromatic rings. The van der Waals surface area contributed by atoms with Crippen LogP contribution in [0.2, 0.25) is 0 Å². The molecule has 134 valence electrons. The molecule has 2 aliphatic heterocycles. The highest BCUT2D eigenvalue weighted by Gasteiger charge is 2.48. The van der Waals surface area contributed by atoms with Gasteiger partial charge in [-0.15, -0.1) is 0 Å². The lowest BCUT2D eigenvalue weighted by Gasteiger charge is -2.37. The largest absolute Gasteiger partial charge is 0.351 e. The monoisotopic (exact) mass is 345 g/mol. The number of sulfone groups is 1. The van der Waals surface area contributed by atoms with Gasteiger partial charge in [-0.25, -0.2) is 8.42 Å². The third-order valence-corrected chi connectivity index (χ3v) is 7.20. The summed E-state index contributed by atoms with van der Waals surface area (Å²) < 4.78 is 23.3. The Bertz CT molecular complexity index is 515. The van der Waals surface area contributed by atoms with Crippen molar-refractivity contribution in [3.63, 3.8) is 0 Å². The van der Waals surface area contributed by atoms with E-state index in [1.807, 2.05) is 6.92 Å². The smallest absolute Gasteiger partial charge is 0.241 e. The van der Waals surface area contributed by atoms with Gasteiger partial charge >= 0.3 is 0 Å². The van der Waals surface area contributed by atoms with E-state index in [0.29, 0.717) is 31.8 Å². The summed E-state index contributed by atoms with van der Waals surface area (Å²) in [5.41, 5.74) is 0. The van der Waals surface area contributed by atoms with E-state index in [9.17, 15) is 13.2 Å². The minimum Gasteiger partial charge on any atom is -0.351 e. The molecular formula is C16H31N3O3S. The number of likely N-dealkylation sites (tertiary alicyclic amines) is 1. The number of carbonyl (C=O) groups excluding carboxylic acids is 1. The number of carbonyl (C=O) groups is 1. The zero-order valence-corrected chi connectivity index (χ0v) is 15.4. The van der Waals surface area contributed by atoms with Crippen molar-refractivity contribution in [1.29, 1.82) is 0 Å². The predicted octanol–water partition coefficient (Wildman–Crippen LogP) is 0.390. The first-order valence-electron chi connectivity index (χ1n) is 8.68. The van der Waals surface area contributed by atoms with Crippen LogP contribution in [-0.2, 0) is 14.6 Å². The fraction of sp³-hybridized carbons (Fsp3) is 0.938. The molecule has 2 saturated heterocycles. The van der Waals surface area contributed by atoms with Crippen molar-refractivity contribution in [2.24, 2.45) is 5.92 Å². The van der Waals surface area contributed by atoms with E-state index in [1.165, 1.54) is 19.1 Å². The molecular weight excluding hydrogens is 314 g/mol. The van der Waals surface area contributed by atoms with Crippen molar-refractivity contribution < 1.29 is 13.2 Å². The van der Waals surface area contributed by atoms with Crippen molar-refractivity contribution in [2.75, 3.05) is 39.0 Å². The van der Waals surface area contributed by atoms with Crippen molar-refractivity contribution in [3.8, 4) is 0 Å². The molecule has 7 heteroatoms. The molecule has 2 rings (SSSR count). The van der Waals surface area contributed by atoms with E-state index in [2.05, 4.69) is 22.5 Å². The Hall–Kier alpha value is -0.660. The number of hydrogen-bond acceptors (Lipinski definition) is 5. The molecule has 0 bridgehead atoms. The van der Waals surface area contributed by atoms with Gasteiger partial charge in [0.1, 0.15) is 0 Å². The van der Waals surface area contributed by atoms with Gasteiger partial charge in [0, 0.05) is 25.4 Å². The van der Waals surface area contributed by atoms with Crippen LogP contribution in [0.1, 0.15) is 39.5 Å². The van der Waals surface area contributed by atoms with Crippen LogP contribution in [0.4, 0.5) is 0 Å². The number of piperidine rings is 2. The third kappa shape index (κ3) is 4.45. The Morgan fingerprint density at radius 1 is 1.39 bits per heavy atom. The zero-order chi connectivity index (χ0) is 17.1. The van der Waals surface area contributed by atoms with Crippen LogP contribution < -0.4 is 10.6 Å². The first kappa shape index (κ1) is 18.7. The number of hydrogen-bond donors (Lipinski definition) is 2. The lowest BCUT2D eigenvalue weighted by Crippen LogP contribution is -2.59. The first-order valence-corrected chi connectivity index (χ1v) is 10.6. The van der Waals surface area contributed by atoms with Gasteiger partial charge in [0.15, 0.2) is 14.6 Å². The molecule has 2 aliphatic rings. The highest BCUT2D eigenvalue weighted by molar-refractivity contribution is 7.92. The minimum absolute atomic E-state index is 0.0405. The Morgan fingerprint density at radius 3 is 2.61 bits per heavy atom. The van der Waals surface area contributed by atoms with Crippen molar-refractivity contribution in [3.05, 3.63) is 0 Å². The van der Waals surface area contributed by atoms with E-state index in [0.717, 1.165) is 19.6 Å². The van der Waals surface area contributed by atoms with E-state index in [-0.39, 0.29) is 11.9 Å². The number of nitrogens with zero attached hydrogens (tertiary/aromatic N) is 1. The van der Waals surface area contributed by atoms with Gasteiger partial charge < -0.3 is 15.5 Å². The lowest BCUT2D eigenvalue weighted by atomic mass is 9.95. The Kier molecular flexibility index (Phi) is 6.08. The summed E-state index contributed by atoms with van der Waals surface area (Å²) in [4.78, 5) is 15.1. The summed E-state index contributed by atoms with van der Waals surface area (Å²) in [5.74, 6) is 0.373. The predicted molar refractivity (Wildman–Crippen MR) is 92.1 cm³/mol. The molecule has 2 N–H and O–H groups in total. The molecule has 0 saturated carbocycles. The lowest BCUT2D eigenvalue weighted by molar-refractivity contribution is -0.125. The molecule has 0 aromatic carbocycles. The molecule has 6 nitrogen and oxygen atoms in total. The molecule has 2 fully saturated rings. The highest BCUT2D eigenvalue weighted by Crippen LogP contribution is 2.28. The normalized spacial score (nSPS) is 27.3. The molecule has 2 atom stereocenters. The Morgan fingerprint density at radius 2 is 2.04 bits per heavy atom.